The van der Waals surface area contributed by atoms with E-state index in [4.69, 9.17) is 0 Å². The van der Waals surface area contributed by atoms with Gasteiger partial charge in [0.15, 0.2) is 5.65 Å². The minimum atomic E-state index is -0.402. The van der Waals surface area contributed by atoms with Gasteiger partial charge in [0.2, 0.25) is 5.91 Å². The maximum atomic E-state index is 13.2. The predicted octanol–water partition coefficient (Wildman–Crippen LogP) is 1.86. The van der Waals surface area contributed by atoms with Gasteiger partial charge in [-0.25, -0.2) is 22.8 Å². The molecule has 3 heterocycles. The summed E-state index contributed by atoms with van der Waals surface area (Å²) < 4.78 is 17.3. The molecule has 0 spiro atoms. The normalized spacial score (nSPS) is 12.5. The fourth-order valence-corrected chi connectivity index (χ4v) is 2.96. The van der Waals surface area contributed by atoms with E-state index >= 15 is 0 Å². The topological polar surface area (TPSA) is 85.7 Å². The Balaban J connectivity index is 1.74. The first-order valence-corrected chi connectivity index (χ1v) is 8.99. The predicted molar refractivity (Wildman–Crippen MR) is 101 cm³/mol. The van der Waals surface area contributed by atoms with Gasteiger partial charge in [-0.3, -0.25) is 4.79 Å². The van der Waals surface area contributed by atoms with Crippen molar-refractivity contribution >= 4 is 17.1 Å². The number of nitrogens with one attached hydrogen (secondary N) is 1. The molecule has 0 aliphatic rings. The molecule has 4 rings (SSSR count). The number of rotatable bonds is 5. The second-order valence-electron chi connectivity index (χ2n) is 6.68. The van der Waals surface area contributed by atoms with Crippen LogP contribution in [-0.4, -0.2) is 35.7 Å². The zero-order valence-electron chi connectivity index (χ0n) is 15.5. The summed E-state index contributed by atoms with van der Waals surface area (Å²) in [5.74, 6) is -0.591. The van der Waals surface area contributed by atoms with E-state index in [0.29, 0.717) is 16.9 Å². The van der Waals surface area contributed by atoms with Crippen molar-refractivity contribution in [1.29, 1.82) is 0 Å². The van der Waals surface area contributed by atoms with Crippen LogP contribution in [0.3, 0.4) is 0 Å². The van der Waals surface area contributed by atoms with E-state index in [9.17, 15) is 14.0 Å². The van der Waals surface area contributed by atoms with Gasteiger partial charge in [-0.15, -0.1) is 5.10 Å². The van der Waals surface area contributed by atoms with E-state index in [1.165, 1.54) is 16.5 Å². The van der Waals surface area contributed by atoms with Crippen molar-refractivity contribution in [2.24, 2.45) is 0 Å². The smallest absolute Gasteiger partial charge is 0.350 e. The third-order valence-corrected chi connectivity index (χ3v) is 4.65. The highest BCUT2D eigenvalue weighted by molar-refractivity contribution is 5.77. The highest BCUT2D eigenvalue weighted by atomic mass is 19.1. The highest BCUT2D eigenvalue weighted by Crippen LogP contribution is 2.21. The van der Waals surface area contributed by atoms with Gasteiger partial charge in [0.25, 0.3) is 0 Å². The number of hydrogen-bond donors (Lipinski definition) is 1. The Morgan fingerprint density at radius 3 is 2.68 bits per heavy atom. The van der Waals surface area contributed by atoms with Gasteiger partial charge in [-0.1, -0.05) is 6.92 Å². The van der Waals surface area contributed by atoms with Crippen LogP contribution in [0.15, 0.2) is 47.5 Å². The molecule has 9 heteroatoms. The molecule has 1 aromatic carbocycles. The number of aromatic nitrogens is 5. The quantitative estimate of drug-likeness (QED) is 0.571. The average molecular weight is 382 g/mol. The molecule has 3 aromatic heterocycles. The Labute approximate surface area is 159 Å². The van der Waals surface area contributed by atoms with Crippen LogP contribution < -0.4 is 11.0 Å². The lowest BCUT2D eigenvalue weighted by Crippen LogP contribution is -2.37. The Morgan fingerprint density at radius 1 is 1.21 bits per heavy atom. The van der Waals surface area contributed by atoms with Gasteiger partial charge >= 0.3 is 5.69 Å². The summed E-state index contributed by atoms with van der Waals surface area (Å²) >= 11 is 0. The van der Waals surface area contributed by atoms with E-state index in [2.05, 4.69) is 15.5 Å². The molecule has 28 heavy (non-hydrogen) atoms. The monoisotopic (exact) mass is 382 g/mol. The van der Waals surface area contributed by atoms with Gasteiger partial charge in [0.05, 0.1) is 5.69 Å². The molecule has 0 aliphatic heterocycles. The van der Waals surface area contributed by atoms with E-state index in [0.717, 1.165) is 16.7 Å². The number of carbonyl (C=O) groups is 1. The Bertz CT molecular complexity index is 1220. The minimum absolute atomic E-state index is 0.0278. The fourth-order valence-electron chi connectivity index (χ4n) is 2.96. The van der Waals surface area contributed by atoms with Gasteiger partial charge in [0, 0.05) is 24.0 Å². The molecular weight excluding hydrogens is 363 g/mol. The Morgan fingerprint density at radius 2 is 1.96 bits per heavy atom. The van der Waals surface area contributed by atoms with E-state index in [1.807, 2.05) is 13.8 Å². The first-order chi connectivity index (χ1) is 13.5. The number of benzene rings is 1. The van der Waals surface area contributed by atoms with Crippen LogP contribution in [0.5, 0.6) is 0 Å². The van der Waals surface area contributed by atoms with Crippen LogP contribution in [0, 0.1) is 5.82 Å². The van der Waals surface area contributed by atoms with E-state index in [1.54, 1.807) is 35.1 Å². The average Bonchev–Trinajstić information content (AvgIpc) is 3.24. The van der Waals surface area contributed by atoms with Crippen LogP contribution in [0.25, 0.3) is 22.4 Å². The van der Waals surface area contributed by atoms with Crippen molar-refractivity contribution in [3.8, 4) is 11.3 Å². The van der Waals surface area contributed by atoms with Crippen LogP contribution in [0.4, 0.5) is 4.39 Å². The maximum Gasteiger partial charge on any atom is 0.350 e. The number of nitrogens with zero attached hydrogens (tertiary/aromatic N) is 5. The van der Waals surface area contributed by atoms with Gasteiger partial charge in [0.1, 0.15) is 17.9 Å². The van der Waals surface area contributed by atoms with E-state index < -0.39 is 5.69 Å². The number of hydrogen-bond acceptors (Lipinski definition) is 4. The summed E-state index contributed by atoms with van der Waals surface area (Å²) in [6.07, 6.45) is 4.00. The molecule has 0 fully saturated rings. The lowest BCUT2D eigenvalue weighted by molar-refractivity contribution is -0.122. The van der Waals surface area contributed by atoms with Gasteiger partial charge in [-0.05, 0) is 43.7 Å². The fraction of sp³-hybridized carbons (Fsp3) is 0.263. The molecule has 1 N–H and O–H groups in total. The molecule has 144 valence electrons. The first kappa shape index (κ1) is 17.9. The molecule has 0 aliphatic carbocycles. The van der Waals surface area contributed by atoms with Crippen LogP contribution in [-0.2, 0) is 11.3 Å². The molecule has 0 saturated carbocycles. The molecule has 8 nitrogen and oxygen atoms in total. The van der Waals surface area contributed by atoms with Crippen molar-refractivity contribution in [1.82, 2.24) is 29.1 Å². The third kappa shape index (κ3) is 3.15. The number of amides is 1. The van der Waals surface area contributed by atoms with Gasteiger partial charge in [-0.2, -0.15) is 5.10 Å². The molecule has 1 atom stereocenters. The standard InChI is InChI=1S/C19H19FN6O2/c1-3-12(2)21-17(27)11-26-19(28)24-8-9-25-16(18(24)23-26)10-15(22-25)13-4-6-14(20)7-5-13/h4-10,12H,3,11H2,1-2H3,(H,21,27)/t12-/m0/s1. The zero-order chi connectivity index (χ0) is 19.8. The summed E-state index contributed by atoms with van der Waals surface area (Å²) in [6, 6.07) is 7.81. The molecule has 0 bridgehead atoms. The molecular formula is C19H19FN6O2. The largest absolute Gasteiger partial charge is 0.352 e. The van der Waals surface area contributed by atoms with Crippen molar-refractivity contribution in [3.05, 3.63) is 59.0 Å². The third-order valence-electron chi connectivity index (χ3n) is 4.65. The van der Waals surface area contributed by atoms with Crippen molar-refractivity contribution in [2.75, 3.05) is 0 Å². The molecule has 0 saturated heterocycles. The zero-order valence-corrected chi connectivity index (χ0v) is 15.5. The Hall–Kier alpha value is -3.49. The molecule has 0 radical (unpaired) electrons. The van der Waals surface area contributed by atoms with Crippen molar-refractivity contribution in [3.63, 3.8) is 0 Å². The second-order valence-corrected chi connectivity index (χ2v) is 6.68. The SMILES string of the molecule is CC[C@H](C)NC(=O)Cn1nc2c3cc(-c4ccc(F)cc4)nn3ccn2c1=O. The van der Waals surface area contributed by atoms with Crippen LogP contribution >= 0.6 is 0 Å². The summed E-state index contributed by atoms with van der Waals surface area (Å²) in [5.41, 5.74) is 1.98. The number of fused-ring (bicyclic) bond motifs is 3. The molecule has 4 aromatic rings. The van der Waals surface area contributed by atoms with Crippen LogP contribution in [0.2, 0.25) is 0 Å². The minimum Gasteiger partial charge on any atom is -0.352 e. The summed E-state index contributed by atoms with van der Waals surface area (Å²) in [5, 5.41) is 11.6. The maximum absolute atomic E-state index is 13.2. The summed E-state index contributed by atoms with van der Waals surface area (Å²) in [4.78, 5) is 24.7. The van der Waals surface area contributed by atoms with Crippen LogP contribution in [0.1, 0.15) is 20.3 Å². The van der Waals surface area contributed by atoms with Crippen molar-refractivity contribution < 1.29 is 9.18 Å². The molecule has 1 amide bonds. The molecule has 0 unspecified atom stereocenters. The Kier molecular flexibility index (Phi) is 4.42. The second kappa shape index (κ2) is 6.91. The lowest BCUT2D eigenvalue weighted by Gasteiger charge is -2.10. The number of carbonyl (C=O) groups excluding carboxylic acids is 1. The first-order valence-electron chi connectivity index (χ1n) is 8.99. The summed E-state index contributed by atoms with van der Waals surface area (Å²) in [7, 11) is 0. The highest BCUT2D eigenvalue weighted by Gasteiger charge is 2.16. The number of halogens is 1. The van der Waals surface area contributed by atoms with Gasteiger partial charge < -0.3 is 5.32 Å². The van der Waals surface area contributed by atoms with E-state index in [-0.39, 0.29) is 24.3 Å². The summed E-state index contributed by atoms with van der Waals surface area (Å²) in [6.45, 7) is 3.71. The van der Waals surface area contributed by atoms with Crippen molar-refractivity contribution in [2.45, 2.75) is 32.9 Å². The lowest BCUT2D eigenvalue weighted by atomic mass is 10.1.